The van der Waals surface area contributed by atoms with Crippen LogP contribution in [0.2, 0.25) is 0 Å². The number of benzene rings is 2. The van der Waals surface area contributed by atoms with Gasteiger partial charge in [0.1, 0.15) is 11.0 Å². The molecule has 0 amide bonds. The van der Waals surface area contributed by atoms with Crippen LogP contribution < -0.4 is 5.32 Å². The summed E-state index contributed by atoms with van der Waals surface area (Å²) in [6.45, 7) is 1.33. The Kier molecular flexibility index (Phi) is 4.50. The van der Waals surface area contributed by atoms with Gasteiger partial charge >= 0.3 is 0 Å². The Morgan fingerprint density at radius 1 is 1.08 bits per heavy atom. The van der Waals surface area contributed by atoms with E-state index >= 15 is 0 Å². The second-order valence-electron chi connectivity index (χ2n) is 5.38. The highest BCUT2D eigenvalue weighted by Gasteiger charge is 2.09. The van der Waals surface area contributed by atoms with E-state index in [9.17, 15) is 8.42 Å². The molecule has 0 saturated heterocycles. The number of hydrogen-bond donors (Lipinski definition) is 1. The summed E-state index contributed by atoms with van der Waals surface area (Å²) in [6, 6.07) is 12.2. The number of sulfone groups is 1. The average molecular weight is 346 g/mol. The maximum absolute atomic E-state index is 11.5. The second-order valence-corrected chi connectivity index (χ2v) is 7.39. The first kappa shape index (κ1) is 16.4. The summed E-state index contributed by atoms with van der Waals surface area (Å²) >= 11 is 0. The predicted molar refractivity (Wildman–Crippen MR) is 92.3 cm³/mol. The Morgan fingerprint density at radius 3 is 2.46 bits per heavy atom. The van der Waals surface area contributed by atoms with Crippen LogP contribution in [0.5, 0.6) is 0 Å². The van der Waals surface area contributed by atoms with Crippen molar-refractivity contribution in [2.24, 2.45) is 0 Å². The van der Waals surface area contributed by atoms with E-state index in [0.717, 1.165) is 16.7 Å². The van der Waals surface area contributed by atoms with Crippen LogP contribution in [0, 0.1) is 0 Å². The van der Waals surface area contributed by atoms with Crippen LogP contribution in [-0.4, -0.2) is 49.9 Å². The van der Waals surface area contributed by atoms with Crippen molar-refractivity contribution in [3.05, 3.63) is 42.5 Å². The predicted octanol–water partition coefficient (Wildman–Crippen LogP) is 1.88. The molecule has 0 radical (unpaired) electrons. The van der Waals surface area contributed by atoms with Crippen LogP contribution >= 0.6 is 0 Å². The molecule has 126 valence electrons. The van der Waals surface area contributed by atoms with E-state index in [1.54, 1.807) is 31.4 Å². The first-order chi connectivity index (χ1) is 11.5. The Bertz CT molecular complexity index is 949. The number of anilines is 1. The van der Waals surface area contributed by atoms with Gasteiger partial charge in [0.05, 0.1) is 17.2 Å². The van der Waals surface area contributed by atoms with Crippen molar-refractivity contribution >= 4 is 26.6 Å². The van der Waals surface area contributed by atoms with E-state index in [1.807, 2.05) is 18.2 Å². The van der Waals surface area contributed by atoms with E-state index < -0.39 is 9.84 Å². The molecule has 0 atom stereocenters. The minimum Gasteiger partial charge on any atom is -0.383 e. The molecule has 0 unspecified atom stereocenters. The zero-order valence-corrected chi connectivity index (χ0v) is 14.2. The van der Waals surface area contributed by atoms with Gasteiger partial charge in [-0.3, -0.25) is 0 Å². The minimum absolute atomic E-state index is 0.271. The summed E-state index contributed by atoms with van der Waals surface area (Å²) in [7, 11) is -1.55. The number of nitrogens with zero attached hydrogens (tertiary/aromatic N) is 3. The lowest BCUT2D eigenvalue weighted by Gasteiger charge is -2.04. The number of fused-ring (bicyclic) bond motifs is 1. The maximum Gasteiger partial charge on any atom is 0.175 e. The quantitative estimate of drug-likeness (QED) is 0.686. The second kappa shape index (κ2) is 6.58. The molecule has 0 aliphatic rings. The lowest BCUT2D eigenvalue weighted by molar-refractivity contribution is 0.211. The smallest absolute Gasteiger partial charge is 0.175 e. The zero-order chi connectivity index (χ0) is 17.2. The number of aromatic nitrogens is 3. The highest BCUT2D eigenvalue weighted by Crippen LogP contribution is 2.18. The molecule has 0 spiro atoms. The highest BCUT2D eigenvalue weighted by atomic mass is 32.2. The van der Waals surface area contributed by atoms with Crippen LogP contribution in [0.15, 0.2) is 47.4 Å². The molecule has 24 heavy (non-hydrogen) atoms. The van der Waals surface area contributed by atoms with Gasteiger partial charge < -0.3 is 10.1 Å². The van der Waals surface area contributed by atoms with Gasteiger partial charge in [0, 0.05) is 25.6 Å². The van der Waals surface area contributed by atoms with E-state index in [-0.39, 0.29) is 4.90 Å². The van der Waals surface area contributed by atoms with Crippen molar-refractivity contribution in [3.63, 3.8) is 0 Å². The Morgan fingerprint density at radius 2 is 1.79 bits per heavy atom. The van der Waals surface area contributed by atoms with E-state index in [4.69, 9.17) is 4.74 Å². The number of hydrogen-bond acceptors (Lipinski definition) is 6. The van der Waals surface area contributed by atoms with Gasteiger partial charge in [-0.25, -0.2) is 8.42 Å². The third kappa shape index (κ3) is 3.55. The molecule has 1 heterocycles. The van der Waals surface area contributed by atoms with Gasteiger partial charge in [-0.1, -0.05) is 0 Å². The largest absolute Gasteiger partial charge is 0.383 e. The average Bonchev–Trinajstić information content (AvgIpc) is 2.98. The zero-order valence-electron chi connectivity index (χ0n) is 13.4. The third-order valence-electron chi connectivity index (χ3n) is 3.51. The van der Waals surface area contributed by atoms with Gasteiger partial charge in [0.2, 0.25) is 0 Å². The maximum atomic E-state index is 11.5. The van der Waals surface area contributed by atoms with Crippen LogP contribution in [0.1, 0.15) is 0 Å². The topological polar surface area (TPSA) is 86.1 Å². The highest BCUT2D eigenvalue weighted by molar-refractivity contribution is 7.90. The van der Waals surface area contributed by atoms with Gasteiger partial charge in [-0.15, -0.1) is 10.2 Å². The summed E-state index contributed by atoms with van der Waals surface area (Å²) in [6.07, 6.45) is 1.18. The summed E-state index contributed by atoms with van der Waals surface area (Å²) in [5, 5.41) is 12.1. The lowest BCUT2D eigenvalue weighted by Crippen LogP contribution is -2.07. The fourth-order valence-electron chi connectivity index (χ4n) is 2.26. The van der Waals surface area contributed by atoms with Crippen molar-refractivity contribution in [1.29, 1.82) is 0 Å². The first-order valence-electron chi connectivity index (χ1n) is 7.38. The fraction of sp³-hybridized carbons (Fsp3) is 0.250. The molecule has 3 aromatic rings. The van der Waals surface area contributed by atoms with Crippen molar-refractivity contribution in [1.82, 2.24) is 15.0 Å². The van der Waals surface area contributed by atoms with Gasteiger partial charge in [-0.05, 0) is 42.5 Å². The molecule has 7 nitrogen and oxygen atoms in total. The molecule has 3 rings (SSSR count). The molecular formula is C16H18N4O3S. The van der Waals surface area contributed by atoms with Crippen molar-refractivity contribution in [2.45, 2.75) is 4.90 Å². The van der Waals surface area contributed by atoms with Gasteiger partial charge in [0.25, 0.3) is 0 Å². The molecule has 0 fully saturated rings. The summed E-state index contributed by atoms with van der Waals surface area (Å²) in [4.78, 5) is 1.77. The van der Waals surface area contributed by atoms with Crippen molar-refractivity contribution in [2.75, 3.05) is 31.8 Å². The molecule has 0 aliphatic carbocycles. The summed E-state index contributed by atoms with van der Waals surface area (Å²) in [5.74, 6) is 0. The van der Waals surface area contributed by atoms with E-state index in [2.05, 4.69) is 15.5 Å². The number of rotatable bonds is 6. The Hall–Kier alpha value is -2.45. The Labute approximate surface area is 140 Å². The van der Waals surface area contributed by atoms with Gasteiger partial charge in [-0.2, -0.15) is 4.80 Å². The molecular weight excluding hydrogens is 328 g/mol. The summed E-state index contributed by atoms with van der Waals surface area (Å²) < 4.78 is 28.0. The minimum atomic E-state index is -3.21. The monoisotopic (exact) mass is 346 g/mol. The van der Waals surface area contributed by atoms with Crippen LogP contribution in [-0.2, 0) is 14.6 Å². The third-order valence-corrected chi connectivity index (χ3v) is 4.64. The standard InChI is InChI=1S/C16H18N4O3S/c1-23-10-9-17-12-3-8-15-16(11-12)19-20(18-15)13-4-6-14(7-5-13)24(2,21)22/h3-8,11,17H,9-10H2,1-2H3. The molecule has 1 aromatic heterocycles. The van der Waals surface area contributed by atoms with Gasteiger partial charge in [0.15, 0.2) is 9.84 Å². The Balaban J connectivity index is 1.87. The molecule has 2 aromatic carbocycles. The summed E-state index contributed by atoms with van der Waals surface area (Å²) in [5.41, 5.74) is 3.16. The number of methoxy groups -OCH3 is 1. The number of nitrogens with one attached hydrogen (secondary N) is 1. The normalized spacial score (nSPS) is 11.8. The number of ether oxygens (including phenoxy) is 1. The first-order valence-corrected chi connectivity index (χ1v) is 9.27. The molecule has 0 aliphatic heterocycles. The lowest BCUT2D eigenvalue weighted by atomic mass is 10.3. The molecule has 8 heteroatoms. The van der Waals surface area contributed by atoms with E-state index in [0.29, 0.717) is 18.8 Å². The molecule has 1 N–H and O–H groups in total. The van der Waals surface area contributed by atoms with E-state index in [1.165, 1.54) is 11.1 Å². The van der Waals surface area contributed by atoms with Crippen molar-refractivity contribution < 1.29 is 13.2 Å². The van der Waals surface area contributed by atoms with Crippen LogP contribution in [0.3, 0.4) is 0 Å². The van der Waals surface area contributed by atoms with Crippen LogP contribution in [0.25, 0.3) is 16.7 Å². The van der Waals surface area contributed by atoms with Crippen LogP contribution in [0.4, 0.5) is 5.69 Å². The fourth-order valence-corrected chi connectivity index (χ4v) is 2.89. The molecule has 0 bridgehead atoms. The van der Waals surface area contributed by atoms with Crippen molar-refractivity contribution in [3.8, 4) is 5.69 Å². The SMILES string of the molecule is COCCNc1ccc2nn(-c3ccc(S(C)(=O)=O)cc3)nc2c1. The molecule has 0 saturated carbocycles.